The molecule has 0 radical (unpaired) electrons. The lowest BCUT2D eigenvalue weighted by Gasteiger charge is -2.10. The normalized spacial score (nSPS) is 11.8. The number of phenols is 1. The van der Waals surface area contributed by atoms with E-state index in [4.69, 9.17) is 16.6 Å². The quantitative estimate of drug-likeness (QED) is 0.550. The van der Waals surface area contributed by atoms with Gasteiger partial charge in [0.15, 0.2) is 0 Å². The van der Waals surface area contributed by atoms with Gasteiger partial charge in [0.2, 0.25) is 5.91 Å². The first kappa shape index (κ1) is 12.0. The summed E-state index contributed by atoms with van der Waals surface area (Å²) in [7, 11) is 0. The summed E-state index contributed by atoms with van der Waals surface area (Å²) in [6.07, 6.45) is 0.263. The molecule has 0 saturated carbocycles. The second-order valence-electron chi connectivity index (χ2n) is 3.33. The zero-order chi connectivity index (χ0) is 12.1. The summed E-state index contributed by atoms with van der Waals surface area (Å²) < 4.78 is 0. The van der Waals surface area contributed by atoms with Crippen molar-refractivity contribution in [3.8, 4) is 5.75 Å². The van der Waals surface area contributed by atoms with Crippen LogP contribution in [0.15, 0.2) is 24.3 Å². The molecule has 1 aromatic rings. The second-order valence-corrected chi connectivity index (χ2v) is 3.33. The highest BCUT2D eigenvalue weighted by atomic mass is 16.3. The first-order valence-corrected chi connectivity index (χ1v) is 4.63. The first-order valence-electron chi connectivity index (χ1n) is 4.63. The van der Waals surface area contributed by atoms with E-state index in [2.05, 4.69) is 0 Å². The van der Waals surface area contributed by atoms with Crippen molar-refractivity contribution in [1.82, 2.24) is 5.32 Å². The van der Waals surface area contributed by atoms with Gasteiger partial charge in [0, 0.05) is 0 Å². The molecule has 3 amide bonds. The Morgan fingerprint density at radius 1 is 1.31 bits per heavy atom. The molecule has 0 aromatic heterocycles. The number of benzene rings is 1. The van der Waals surface area contributed by atoms with E-state index in [9.17, 15) is 9.59 Å². The molecule has 86 valence electrons. The Morgan fingerprint density at radius 2 is 1.88 bits per heavy atom. The van der Waals surface area contributed by atoms with Gasteiger partial charge in [-0.05, 0) is 24.1 Å². The van der Waals surface area contributed by atoms with E-state index < -0.39 is 18.0 Å². The van der Waals surface area contributed by atoms with E-state index in [1.165, 1.54) is 12.1 Å². The fraction of sp³-hybridized carbons (Fsp3) is 0.200. The number of carbonyl (C=O) groups is 2. The number of aromatic hydroxyl groups is 1. The lowest BCUT2D eigenvalue weighted by molar-refractivity contribution is -0.121. The minimum Gasteiger partial charge on any atom is -0.508 e. The van der Waals surface area contributed by atoms with Gasteiger partial charge in [-0.1, -0.05) is 12.1 Å². The molecule has 6 nitrogen and oxygen atoms in total. The Kier molecular flexibility index (Phi) is 3.84. The van der Waals surface area contributed by atoms with Gasteiger partial charge >= 0.3 is 6.03 Å². The molecular formula is C10H13N3O3. The lowest BCUT2D eigenvalue weighted by atomic mass is 10.1. The van der Waals surface area contributed by atoms with Gasteiger partial charge in [0.05, 0.1) is 6.04 Å². The van der Waals surface area contributed by atoms with E-state index in [1.807, 2.05) is 5.32 Å². The third kappa shape index (κ3) is 3.58. The maximum absolute atomic E-state index is 11.2. The highest BCUT2D eigenvalue weighted by molar-refractivity contribution is 5.96. The number of carbonyl (C=O) groups excluding carboxylic acids is 2. The molecular weight excluding hydrogens is 210 g/mol. The number of nitrogens with two attached hydrogens (primary N) is 2. The summed E-state index contributed by atoms with van der Waals surface area (Å²) in [5, 5.41) is 10.9. The maximum Gasteiger partial charge on any atom is 0.318 e. The first-order chi connectivity index (χ1) is 7.49. The number of imide groups is 1. The molecule has 1 unspecified atom stereocenters. The molecule has 0 aliphatic heterocycles. The molecule has 16 heavy (non-hydrogen) atoms. The van der Waals surface area contributed by atoms with Crippen LogP contribution in [0, 0.1) is 0 Å². The Balaban J connectivity index is 2.57. The van der Waals surface area contributed by atoms with Crippen LogP contribution in [0.4, 0.5) is 4.79 Å². The van der Waals surface area contributed by atoms with Gasteiger partial charge in [0.25, 0.3) is 0 Å². The maximum atomic E-state index is 11.2. The van der Waals surface area contributed by atoms with Crippen LogP contribution in [0.2, 0.25) is 0 Å². The fourth-order valence-corrected chi connectivity index (χ4v) is 1.19. The molecule has 0 aliphatic carbocycles. The zero-order valence-electron chi connectivity index (χ0n) is 8.51. The van der Waals surface area contributed by atoms with E-state index in [0.717, 1.165) is 5.56 Å². The molecule has 6 N–H and O–H groups in total. The number of primary amides is 1. The number of rotatable bonds is 3. The fourth-order valence-electron chi connectivity index (χ4n) is 1.19. The minimum atomic E-state index is -0.925. The monoisotopic (exact) mass is 223 g/mol. The number of hydrogen-bond donors (Lipinski definition) is 4. The van der Waals surface area contributed by atoms with Gasteiger partial charge in [-0.3, -0.25) is 10.1 Å². The molecule has 1 atom stereocenters. The summed E-state index contributed by atoms with van der Waals surface area (Å²) in [4.78, 5) is 21.7. The zero-order valence-corrected chi connectivity index (χ0v) is 8.51. The Labute approximate surface area is 92.2 Å². The number of nitrogens with one attached hydrogen (secondary N) is 1. The topological polar surface area (TPSA) is 118 Å². The van der Waals surface area contributed by atoms with E-state index in [-0.39, 0.29) is 12.2 Å². The molecule has 1 aromatic carbocycles. The van der Waals surface area contributed by atoms with Crippen molar-refractivity contribution in [3.05, 3.63) is 29.8 Å². The third-order valence-corrected chi connectivity index (χ3v) is 1.98. The molecule has 0 aliphatic rings. The second kappa shape index (κ2) is 5.13. The van der Waals surface area contributed by atoms with Crippen molar-refractivity contribution >= 4 is 11.9 Å². The van der Waals surface area contributed by atoms with Crippen molar-refractivity contribution in [2.45, 2.75) is 12.5 Å². The molecule has 0 heterocycles. The third-order valence-electron chi connectivity index (χ3n) is 1.98. The minimum absolute atomic E-state index is 0.138. The van der Waals surface area contributed by atoms with Crippen LogP contribution in [0.3, 0.4) is 0 Å². The molecule has 6 heteroatoms. The molecule has 0 spiro atoms. The van der Waals surface area contributed by atoms with Crippen molar-refractivity contribution < 1.29 is 14.7 Å². The summed E-state index contributed by atoms with van der Waals surface area (Å²) in [5.41, 5.74) is 11.1. The van der Waals surface area contributed by atoms with Gasteiger partial charge in [-0.15, -0.1) is 0 Å². The Hall–Kier alpha value is -2.08. The summed E-state index contributed by atoms with van der Waals surface area (Å²) in [6, 6.07) is 4.50. The standard InChI is InChI=1S/C10H13N3O3/c11-8(9(15)13-10(12)16)5-6-1-3-7(14)4-2-6/h1-4,8,14H,5,11H2,(H3,12,13,15,16). The van der Waals surface area contributed by atoms with Gasteiger partial charge < -0.3 is 16.6 Å². The highest BCUT2D eigenvalue weighted by Crippen LogP contribution is 2.10. The predicted octanol–water partition coefficient (Wildman–Crippen LogP) is -0.543. The van der Waals surface area contributed by atoms with E-state index >= 15 is 0 Å². The average molecular weight is 223 g/mol. The van der Waals surface area contributed by atoms with Crippen molar-refractivity contribution in [1.29, 1.82) is 0 Å². The molecule has 0 fully saturated rings. The summed E-state index contributed by atoms with van der Waals surface area (Å²) >= 11 is 0. The number of amides is 3. The SMILES string of the molecule is NC(=O)NC(=O)C(N)Cc1ccc(O)cc1. The molecule has 1 rings (SSSR count). The predicted molar refractivity (Wildman–Crippen MR) is 57.5 cm³/mol. The van der Waals surface area contributed by atoms with Gasteiger partial charge in [0.1, 0.15) is 5.75 Å². The lowest BCUT2D eigenvalue weighted by Crippen LogP contribution is -2.46. The number of hydrogen-bond acceptors (Lipinski definition) is 4. The van der Waals surface area contributed by atoms with Gasteiger partial charge in [-0.2, -0.15) is 0 Å². The highest BCUT2D eigenvalue weighted by Gasteiger charge is 2.15. The average Bonchev–Trinajstić information content (AvgIpc) is 2.20. The smallest absolute Gasteiger partial charge is 0.318 e. The van der Waals surface area contributed by atoms with Crippen molar-refractivity contribution in [2.75, 3.05) is 0 Å². The van der Waals surface area contributed by atoms with Crippen LogP contribution < -0.4 is 16.8 Å². The van der Waals surface area contributed by atoms with Crippen molar-refractivity contribution in [3.63, 3.8) is 0 Å². The largest absolute Gasteiger partial charge is 0.508 e. The summed E-state index contributed by atoms with van der Waals surface area (Å²) in [6.45, 7) is 0. The number of phenolic OH excluding ortho intramolecular Hbond substituents is 1. The number of urea groups is 1. The van der Waals surface area contributed by atoms with Crippen LogP contribution in [0.25, 0.3) is 0 Å². The van der Waals surface area contributed by atoms with Crippen LogP contribution >= 0.6 is 0 Å². The van der Waals surface area contributed by atoms with Crippen LogP contribution in [0.1, 0.15) is 5.56 Å². The molecule has 0 bridgehead atoms. The van der Waals surface area contributed by atoms with Crippen molar-refractivity contribution in [2.24, 2.45) is 11.5 Å². The van der Waals surface area contributed by atoms with E-state index in [0.29, 0.717) is 0 Å². The Morgan fingerprint density at radius 3 is 2.38 bits per heavy atom. The van der Waals surface area contributed by atoms with E-state index in [1.54, 1.807) is 12.1 Å². The van der Waals surface area contributed by atoms with Gasteiger partial charge in [-0.25, -0.2) is 4.79 Å². The molecule has 0 saturated heterocycles. The van der Waals surface area contributed by atoms with Crippen LogP contribution in [-0.2, 0) is 11.2 Å². The Bertz CT molecular complexity index is 389. The van der Waals surface area contributed by atoms with Crippen LogP contribution in [0.5, 0.6) is 5.75 Å². The van der Waals surface area contributed by atoms with Crippen LogP contribution in [-0.4, -0.2) is 23.1 Å². The summed E-state index contributed by atoms with van der Waals surface area (Å²) in [5.74, 6) is -0.487.